The minimum Gasteiger partial charge on any atom is -0.496 e. The maximum Gasteiger partial charge on any atom is 0.160 e. The molecule has 1 aliphatic heterocycles. The summed E-state index contributed by atoms with van der Waals surface area (Å²) in [6.45, 7) is 1.55. The van der Waals surface area contributed by atoms with Crippen LogP contribution in [0.3, 0.4) is 0 Å². The molecule has 1 aromatic carbocycles. The van der Waals surface area contributed by atoms with E-state index in [4.69, 9.17) is 22.2 Å². The SMILES string of the molecule is COc1cccc(F)c1C1CCN(c2ccnc(NN)c2Cl)CC1. The lowest BCUT2D eigenvalue weighted by molar-refractivity contribution is 0.388. The molecule has 24 heavy (non-hydrogen) atoms. The van der Waals surface area contributed by atoms with Crippen molar-refractivity contribution >= 4 is 23.1 Å². The standard InChI is InChI=1S/C17H20ClFN4O/c1-24-14-4-2-3-12(19)15(14)11-6-9-23(10-7-11)13-5-8-21-17(22-20)16(13)18/h2-5,8,11H,6-7,9-10,20H2,1H3,(H,21,22). The van der Waals surface area contributed by atoms with Crippen LogP contribution in [0.5, 0.6) is 5.75 Å². The lowest BCUT2D eigenvalue weighted by Crippen LogP contribution is -2.33. The van der Waals surface area contributed by atoms with Crippen molar-refractivity contribution in [2.75, 3.05) is 30.5 Å². The van der Waals surface area contributed by atoms with Gasteiger partial charge in [-0.15, -0.1) is 0 Å². The molecular formula is C17H20ClFN4O. The number of aromatic nitrogens is 1. The number of nitrogens with zero attached hydrogens (tertiary/aromatic N) is 2. The third-order valence-corrected chi connectivity index (χ3v) is 4.85. The zero-order valence-corrected chi connectivity index (χ0v) is 14.2. The number of hydrogen-bond donors (Lipinski definition) is 2. The highest BCUT2D eigenvalue weighted by Crippen LogP contribution is 2.39. The fourth-order valence-electron chi connectivity index (χ4n) is 3.28. The van der Waals surface area contributed by atoms with Crippen molar-refractivity contribution < 1.29 is 9.13 Å². The number of nitrogens with two attached hydrogens (primary N) is 1. The highest BCUT2D eigenvalue weighted by Gasteiger charge is 2.27. The minimum absolute atomic E-state index is 0.130. The number of nitrogens with one attached hydrogen (secondary N) is 1. The number of nitrogen functional groups attached to an aromatic ring is 1. The molecule has 1 fully saturated rings. The van der Waals surface area contributed by atoms with Gasteiger partial charge >= 0.3 is 0 Å². The van der Waals surface area contributed by atoms with Gasteiger partial charge in [0.2, 0.25) is 0 Å². The van der Waals surface area contributed by atoms with Gasteiger partial charge in [0.05, 0.1) is 12.8 Å². The van der Waals surface area contributed by atoms with Crippen molar-refractivity contribution in [3.8, 4) is 5.75 Å². The van der Waals surface area contributed by atoms with Crippen LogP contribution in [-0.2, 0) is 0 Å². The number of rotatable bonds is 4. The second kappa shape index (κ2) is 7.23. The summed E-state index contributed by atoms with van der Waals surface area (Å²) in [5, 5.41) is 0.502. The van der Waals surface area contributed by atoms with Gasteiger partial charge in [0.1, 0.15) is 16.6 Å². The predicted octanol–water partition coefficient (Wildman–Crippen LogP) is 3.55. The molecule has 5 nitrogen and oxygen atoms in total. The van der Waals surface area contributed by atoms with Crippen LogP contribution in [0.15, 0.2) is 30.5 Å². The quantitative estimate of drug-likeness (QED) is 0.652. The number of ether oxygens (including phenoxy) is 1. The van der Waals surface area contributed by atoms with Gasteiger partial charge in [-0.3, -0.25) is 0 Å². The predicted molar refractivity (Wildman–Crippen MR) is 94.2 cm³/mol. The molecule has 0 unspecified atom stereocenters. The van der Waals surface area contributed by atoms with Crippen LogP contribution in [0.25, 0.3) is 0 Å². The maximum absolute atomic E-state index is 14.3. The van der Waals surface area contributed by atoms with Gasteiger partial charge in [-0.2, -0.15) is 0 Å². The third kappa shape index (κ3) is 3.12. The number of hydrogen-bond acceptors (Lipinski definition) is 5. The Kier molecular flexibility index (Phi) is 5.06. The van der Waals surface area contributed by atoms with Crippen LogP contribution in [-0.4, -0.2) is 25.2 Å². The summed E-state index contributed by atoms with van der Waals surface area (Å²) in [5.41, 5.74) is 4.05. The smallest absolute Gasteiger partial charge is 0.160 e. The zero-order chi connectivity index (χ0) is 17.1. The van der Waals surface area contributed by atoms with Crippen LogP contribution in [0.2, 0.25) is 5.02 Å². The average Bonchev–Trinajstić information content (AvgIpc) is 2.62. The lowest BCUT2D eigenvalue weighted by Gasteiger charge is -2.35. The van der Waals surface area contributed by atoms with E-state index in [1.165, 1.54) is 6.07 Å². The molecular weight excluding hydrogens is 331 g/mol. The van der Waals surface area contributed by atoms with Crippen LogP contribution in [0, 0.1) is 5.82 Å². The van der Waals surface area contributed by atoms with E-state index < -0.39 is 0 Å². The molecule has 7 heteroatoms. The lowest BCUT2D eigenvalue weighted by atomic mass is 9.88. The molecule has 1 saturated heterocycles. The number of pyridine rings is 1. The minimum atomic E-state index is -0.204. The average molecular weight is 351 g/mol. The fraction of sp³-hybridized carbons (Fsp3) is 0.353. The Morgan fingerprint density at radius 2 is 2.08 bits per heavy atom. The van der Waals surface area contributed by atoms with Gasteiger partial charge in [-0.25, -0.2) is 15.2 Å². The van der Waals surface area contributed by atoms with Gasteiger partial charge in [0.15, 0.2) is 5.82 Å². The molecule has 2 aromatic rings. The Hall–Kier alpha value is -2.05. The van der Waals surface area contributed by atoms with Gasteiger partial charge in [-0.1, -0.05) is 17.7 Å². The summed E-state index contributed by atoms with van der Waals surface area (Å²) in [5.74, 6) is 6.42. The molecule has 3 N–H and O–H groups in total. The molecule has 1 aliphatic rings. The first-order chi connectivity index (χ1) is 11.7. The fourth-order valence-corrected chi connectivity index (χ4v) is 3.56. The topological polar surface area (TPSA) is 63.4 Å². The Morgan fingerprint density at radius 1 is 1.33 bits per heavy atom. The van der Waals surface area contributed by atoms with Crippen molar-refractivity contribution in [2.45, 2.75) is 18.8 Å². The van der Waals surface area contributed by atoms with E-state index in [-0.39, 0.29) is 11.7 Å². The first kappa shape index (κ1) is 16.8. The summed E-state index contributed by atoms with van der Waals surface area (Å²) >= 11 is 6.34. The van der Waals surface area contributed by atoms with Crippen molar-refractivity contribution in [3.63, 3.8) is 0 Å². The largest absolute Gasteiger partial charge is 0.496 e. The molecule has 128 valence electrons. The Bertz CT molecular complexity index is 720. The van der Waals surface area contributed by atoms with Gasteiger partial charge < -0.3 is 15.1 Å². The highest BCUT2D eigenvalue weighted by atomic mass is 35.5. The second-order valence-corrected chi connectivity index (χ2v) is 6.13. The Morgan fingerprint density at radius 3 is 2.75 bits per heavy atom. The summed E-state index contributed by atoms with van der Waals surface area (Å²) in [7, 11) is 1.57. The molecule has 0 radical (unpaired) electrons. The van der Waals surface area contributed by atoms with Crippen molar-refractivity contribution in [3.05, 3.63) is 46.9 Å². The molecule has 0 spiro atoms. The Labute approximate surface area is 145 Å². The van der Waals surface area contributed by atoms with Crippen LogP contribution in [0.1, 0.15) is 24.3 Å². The summed E-state index contributed by atoms with van der Waals surface area (Å²) in [6, 6.07) is 6.84. The summed E-state index contributed by atoms with van der Waals surface area (Å²) < 4.78 is 19.6. The van der Waals surface area contributed by atoms with E-state index in [1.54, 1.807) is 19.4 Å². The van der Waals surface area contributed by atoms with Gasteiger partial charge in [-0.05, 0) is 37.0 Å². The van der Waals surface area contributed by atoms with E-state index in [0.29, 0.717) is 22.2 Å². The molecule has 0 atom stereocenters. The van der Waals surface area contributed by atoms with E-state index in [9.17, 15) is 4.39 Å². The molecule has 3 rings (SSSR count). The number of benzene rings is 1. The zero-order valence-electron chi connectivity index (χ0n) is 13.4. The Balaban J connectivity index is 1.78. The van der Waals surface area contributed by atoms with Crippen LogP contribution >= 0.6 is 11.6 Å². The molecule has 1 aromatic heterocycles. The van der Waals surface area contributed by atoms with Crippen molar-refractivity contribution in [1.82, 2.24) is 4.98 Å². The van der Waals surface area contributed by atoms with Crippen LogP contribution < -0.4 is 20.9 Å². The number of methoxy groups -OCH3 is 1. The highest BCUT2D eigenvalue weighted by molar-refractivity contribution is 6.35. The van der Waals surface area contributed by atoms with E-state index in [1.807, 2.05) is 12.1 Å². The van der Waals surface area contributed by atoms with Gasteiger partial charge in [0.25, 0.3) is 0 Å². The van der Waals surface area contributed by atoms with E-state index in [0.717, 1.165) is 31.6 Å². The monoisotopic (exact) mass is 350 g/mol. The van der Waals surface area contributed by atoms with E-state index in [2.05, 4.69) is 15.3 Å². The molecule has 0 bridgehead atoms. The van der Waals surface area contributed by atoms with E-state index >= 15 is 0 Å². The first-order valence-electron chi connectivity index (χ1n) is 7.84. The van der Waals surface area contributed by atoms with Crippen molar-refractivity contribution in [2.24, 2.45) is 5.84 Å². The van der Waals surface area contributed by atoms with Gasteiger partial charge in [0, 0.05) is 24.8 Å². The third-order valence-electron chi connectivity index (χ3n) is 4.48. The number of hydrazine groups is 1. The number of piperidine rings is 1. The normalized spacial score (nSPS) is 15.4. The van der Waals surface area contributed by atoms with Crippen molar-refractivity contribution in [1.29, 1.82) is 0 Å². The maximum atomic E-state index is 14.3. The molecule has 0 aliphatic carbocycles. The summed E-state index contributed by atoms with van der Waals surface area (Å²) in [6.07, 6.45) is 3.31. The summed E-state index contributed by atoms with van der Waals surface area (Å²) in [4.78, 5) is 6.26. The number of anilines is 2. The van der Waals surface area contributed by atoms with Crippen LogP contribution in [0.4, 0.5) is 15.9 Å². The molecule has 0 amide bonds. The second-order valence-electron chi connectivity index (χ2n) is 5.75. The molecule has 2 heterocycles. The molecule has 0 saturated carbocycles. The first-order valence-corrected chi connectivity index (χ1v) is 8.22. The number of halogens is 2.